The monoisotopic (exact) mass is 279 g/mol. The fraction of sp³-hybridized carbons (Fsp3) is 0.462. The van der Waals surface area contributed by atoms with Crippen LogP contribution in [0, 0.1) is 0 Å². The number of pyridine rings is 1. The van der Waals surface area contributed by atoms with E-state index in [1.807, 2.05) is 4.90 Å². The Kier molecular flexibility index (Phi) is 4.52. The first kappa shape index (κ1) is 14.3. The maximum Gasteiger partial charge on any atom is 0.325 e. The Morgan fingerprint density at radius 1 is 1.45 bits per heavy atom. The average molecular weight is 279 g/mol. The fourth-order valence-electron chi connectivity index (χ4n) is 1.94. The zero-order valence-electron chi connectivity index (χ0n) is 11.2. The number of rotatable bonds is 4. The van der Waals surface area contributed by atoms with Crippen molar-refractivity contribution in [1.82, 2.24) is 10.3 Å². The molecule has 2 N–H and O–H groups in total. The van der Waals surface area contributed by atoms with Gasteiger partial charge < -0.3 is 20.1 Å². The molecule has 2 heterocycles. The molecule has 1 aliphatic rings. The van der Waals surface area contributed by atoms with E-state index in [0.717, 1.165) is 0 Å². The van der Waals surface area contributed by atoms with Gasteiger partial charge >= 0.3 is 5.97 Å². The molecule has 1 atom stereocenters. The third-order valence-corrected chi connectivity index (χ3v) is 3.06. The standard InChI is InChI=1S/C13H17N3O4/c1-9(13(18)19)15-12(17)10-3-2-4-14-11(10)16-5-7-20-8-6-16/h2-4,9H,5-8H2,1H3,(H,15,17)(H,18,19)/t9-/m1/s1. The topological polar surface area (TPSA) is 91.8 Å². The lowest BCUT2D eigenvalue weighted by Crippen LogP contribution is -2.41. The lowest BCUT2D eigenvalue weighted by Gasteiger charge is -2.29. The van der Waals surface area contributed by atoms with Crippen LogP contribution in [0.15, 0.2) is 18.3 Å². The number of amides is 1. The molecule has 1 aromatic rings. The molecule has 7 nitrogen and oxygen atoms in total. The predicted molar refractivity (Wildman–Crippen MR) is 71.8 cm³/mol. The van der Waals surface area contributed by atoms with Crippen molar-refractivity contribution >= 4 is 17.7 Å². The number of anilines is 1. The summed E-state index contributed by atoms with van der Waals surface area (Å²) in [5.41, 5.74) is 0.377. The van der Waals surface area contributed by atoms with Gasteiger partial charge in [-0.1, -0.05) is 0 Å². The molecule has 1 saturated heterocycles. The highest BCUT2D eigenvalue weighted by molar-refractivity contribution is 6.00. The SMILES string of the molecule is C[C@@H](NC(=O)c1cccnc1N1CCOCC1)C(=O)O. The highest BCUT2D eigenvalue weighted by Gasteiger charge is 2.22. The van der Waals surface area contributed by atoms with E-state index in [4.69, 9.17) is 9.84 Å². The normalized spacial score (nSPS) is 16.6. The summed E-state index contributed by atoms with van der Waals surface area (Å²) in [4.78, 5) is 29.1. The fourth-order valence-corrected chi connectivity index (χ4v) is 1.94. The van der Waals surface area contributed by atoms with E-state index in [0.29, 0.717) is 37.7 Å². The van der Waals surface area contributed by atoms with Crippen LogP contribution in [-0.4, -0.2) is 54.3 Å². The van der Waals surface area contributed by atoms with E-state index in [9.17, 15) is 9.59 Å². The van der Waals surface area contributed by atoms with Gasteiger partial charge in [-0.2, -0.15) is 0 Å². The molecule has 0 aliphatic carbocycles. The summed E-state index contributed by atoms with van der Waals surface area (Å²) in [6, 6.07) is 2.35. The van der Waals surface area contributed by atoms with E-state index in [1.165, 1.54) is 6.92 Å². The molecule has 2 rings (SSSR count). The summed E-state index contributed by atoms with van der Waals surface area (Å²) in [7, 11) is 0. The lowest BCUT2D eigenvalue weighted by molar-refractivity contribution is -0.138. The van der Waals surface area contributed by atoms with Crippen molar-refractivity contribution in [3.63, 3.8) is 0 Å². The average Bonchev–Trinajstić information content (AvgIpc) is 2.48. The molecule has 20 heavy (non-hydrogen) atoms. The van der Waals surface area contributed by atoms with E-state index in [-0.39, 0.29) is 0 Å². The Morgan fingerprint density at radius 3 is 2.80 bits per heavy atom. The summed E-state index contributed by atoms with van der Waals surface area (Å²) in [6.45, 7) is 3.91. The number of hydrogen-bond acceptors (Lipinski definition) is 5. The highest BCUT2D eigenvalue weighted by atomic mass is 16.5. The maximum atomic E-state index is 12.2. The van der Waals surface area contributed by atoms with Gasteiger partial charge in [0.25, 0.3) is 5.91 Å². The van der Waals surface area contributed by atoms with Crippen LogP contribution in [0.4, 0.5) is 5.82 Å². The number of hydrogen-bond donors (Lipinski definition) is 2. The molecule has 0 spiro atoms. The number of aliphatic carboxylic acids is 1. The van der Waals surface area contributed by atoms with Crippen molar-refractivity contribution < 1.29 is 19.4 Å². The van der Waals surface area contributed by atoms with Gasteiger partial charge in [-0.15, -0.1) is 0 Å². The quantitative estimate of drug-likeness (QED) is 0.813. The van der Waals surface area contributed by atoms with Crippen molar-refractivity contribution in [2.24, 2.45) is 0 Å². The second kappa shape index (κ2) is 6.33. The van der Waals surface area contributed by atoms with Crippen LogP contribution in [0.2, 0.25) is 0 Å². The molecule has 0 aromatic carbocycles. The summed E-state index contributed by atoms with van der Waals surface area (Å²) >= 11 is 0. The summed E-state index contributed by atoms with van der Waals surface area (Å²) < 4.78 is 5.27. The number of carbonyl (C=O) groups is 2. The minimum absolute atomic E-state index is 0.377. The third-order valence-electron chi connectivity index (χ3n) is 3.06. The number of nitrogens with one attached hydrogen (secondary N) is 1. The largest absolute Gasteiger partial charge is 0.480 e. The van der Waals surface area contributed by atoms with Crippen molar-refractivity contribution in [2.45, 2.75) is 13.0 Å². The van der Waals surface area contributed by atoms with Crippen LogP contribution in [0.3, 0.4) is 0 Å². The molecule has 0 radical (unpaired) electrons. The van der Waals surface area contributed by atoms with Crippen LogP contribution >= 0.6 is 0 Å². The molecule has 0 unspecified atom stereocenters. The second-order valence-corrected chi connectivity index (χ2v) is 4.51. The number of aromatic nitrogens is 1. The minimum Gasteiger partial charge on any atom is -0.480 e. The summed E-state index contributed by atoms with van der Waals surface area (Å²) in [6.07, 6.45) is 1.61. The Hall–Kier alpha value is -2.15. The van der Waals surface area contributed by atoms with Gasteiger partial charge in [0.1, 0.15) is 11.9 Å². The van der Waals surface area contributed by atoms with Crippen molar-refractivity contribution in [3.05, 3.63) is 23.9 Å². The molecule has 108 valence electrons. The van der Waals surface area contributed by atoms with Gasteiger partial charge in [0.15, 0.2) is 0 Å². The number of morpholine rings is 1. The van der Waals surface area contributed by atoms with Gasteiger partial charge in [0, 0.05) is 19.3 Å². The molecule has 1 fully saturated rings. The molecule has 1 aromatic heterocycles. The van der Waals surface area contributed by atoms with Crippen LogP contribution in [-0.2, 0) is 9.53 Å². The third kappa shape index (κ3) is 3.24. The number of carboxylic acid groups (broad SMARTS) is 1. The van der Waals surface area contributed by atoms with Gasteiger partial charge in [0.05, 0.1) is 18.8 Å². The molecular formula is C13H17N3O4. The van der Waals surface area contributed by atoms with Crippen LogP contribution in [0.25, 0.3) is 0 Å². The molecule has 0 saturated carbocycles. The molecular weight excluding hydrogens is 262 g/mol. The van der Waals surface area contributed by atoms with Crippen LogP contribution in [0.1, 0.15) is 17.3 Å². The Bertz CT molecular complexity index is 500. The number of carbonyl (C=O) groups excluding carboxylic acids is 1. The first-order valence-corrected chi connectivity index (χ1v) is 6.41. The van der Waals surface area contributed by atoms with Gasteiger partial charge in [0.2, 0.25) is 0 Å². The van der Waals surface area contributed by atoms with Gasteiger partial charge in [-0.05, 0) is 19.1 Å². The summed E-state index contributed by atoms with van der Waals surface area (Å²) in [5, 5.41) is 11.3. The molecule has 1 amide bonds. The lowest BCUT2D eigenvalue weighted by atomic mass is 10.2. The minimum atomic E-state index is -1.07. The van der Waals surface area contributed by atoms with E-state index in [1.54, 1.807) is 18.3 Å². The smallest absolute Gasteiger partial charge is 0.325 e. The molecule has 0 bridgehead atoms. The molecule has 1 aliphatic heterocycles. The summed E-state index contributed by atoms with van der Waals surface area (Å²) in [5.74, 6) is -0.949. The maximum absolute atomic E-state index is 12.2. The van der Waals surface area contributed by atoms with Gasteiger partial charge in [-0.3, -0.25) is 9.59 Å². The number of carboxylic acids is 1. The van der Waals surface area contributed by atoms with E-state index >= 15 is 0 Å². The second-order valence-electron chi connectivity index (χ2n) is 4.51. The Balaban J connectivity index is 2.18. The van der Waals surface area contributed by atoms with Crippen molar-refractivity contribution in [1.29, 1.82) is 0 Å². The zero-order valence-corrected chi connectivity index (χ0v) is 11.2. The first-order valence-electron chi connectivity index (χ1n) is 6.41. The van der Waals surface area contributed by atoms with Crippen LogP contribution in [0.5, 0.6) is 0 Å². The first-order chi connectivity index (χ1) is 9.59. The highest BCUT2D eigenvalue weighted by Crippen LogP contribution is 2.18. The van der Waals surface area contributed by atoms with E-state index < -0.39 is 17.9 Å². The zero-order chi connectivity index (χ0) is 14.5. The Labute approximate surface area is 116 Å². The van der Waals surface area contributed by atoms with Gasteiger partial charge in [-0.25, -0.2) is 4.98 Å². The predicted octanol–water partition coefficient (Wildman–Crippen LogP) is 0.121. The van der Waals surface area contributed by atoms with Crippen molar-refractivity contribution in [3.8, 4) is 0 Å². The number of ether oxygens (including phenoxy) is 1. The van der Waals surface area contributed by atoms with Crippen LogP contribution < -0.4 is 10.2 Å². The Morgan fingerprint density at radius 2 is 2.15 bits per heavy atom. The number of nitrogens with zero attached hydrogens (tertiary/aromatic N) is 2. The van der Waals surface area contributed by atoms with E-state index in [2.05, 4.69) is 10.3 Å². The van der Waals surface area contributed by atoms with Crippen molar-refractivity contribution in [2.75, 3.05) is 31.2 Å². The molecule has 7 heteroatoms.